The Bertz CT molecular complexity index is 1230. The number of rotatable bonds is 4. The van der Waals surface area contributed by atoms with Crippen molar-refractivity contribution in [3.8, 4) is 6.07 Å². The average molecular weight is 551 g/mol. The molecule has 5 rings (SSSR count). The third-order valence-corrected chi connectivity index (χ3v) is 9.32. The van der Waals surface area contributed by atoms with Gasteiger partial charge in [0.25, 0.3) is 5.91 Å². The molecule has 2 fully saturated rings. The maximum Gasteiger partial charge on any atom is 0.414 e. The molecule has 2 heterocycles. The number of hydrogen-bond donors (Lipinski definition) is 1. The van der Waals surface area contributed by atoms with Crippen LogP contribution in [0.3, 0.4) is 0 Å². The van der Waals surface area contributed by atoms with Gasteiger partial charge in [-0.15, -0.1) is 0 Å². The fourth-order valence-corrected chi connectivity index (χ4v) is 7.44. The van der Waals surface area contributed by atoms with Crippen molar-refractivity contribution in [2.75, 3.05) is 26.9 Å². The van der Waals surface area contributed by atoms with E-state index in [0.29, 0.717) is 31.7 Å². The number of carbonyl (C=O) groups is 2. The third kappa shape index (κ3) is 4.90. The van der Waals surface area contributed by atoms with Gasteiger partial charge in [-0.3, -0.25) is 15.0 Å². The molecule has 4 atom stereocenters. The SMILES string of the molecule is CCC1CC2(CCC1OC)Cc1ccc(C#N)cc1C21N=C(NC(=O)OC(C)(C)C)N(CC2CCOCC2)C1=O. The number of hydrogen-bond acceptors (Lipinski definition) is 7. The topological polar surface area (TPSA) is 113 Å². The van der Waals surface area contributed by atoms with Gasteiger partial charge < -0.3 is 14.2 Å². The lowest BCUT2D eigenvalue weighted by Gasteiger charge is -2.48. The van der Waals surface area contributed by atoms with E-state index in [1.54, 1.807) is 32.8 Å². The first-order valence-corrected chi connectivity index (χ1v) is 14.6. The predicted octanol–water partition coefficient (Wildman–Crippen LogP) is 4.67. The van der Waals surface area contributed by atoms with E-state index in [0.717, 1.165) is 49.7 Å². The van der Waals surface area contributed by atoms with Crippen LogP contribution in [0.25, 0.3) is 0 Å². The largest absolute Gasteiger partial charge is 0.444 e. The van der Waals surface area contributed by atoms with E-state index in [1.165, 1.54) is 0 Å². The van der Waals surface area contributed by atoms with Gasteiger partial charge in [-0.05, 0) is 94.4 Å². The number of aliphatic imine (C=N–C) groups is 1. The highest BCUT2D eigenvalue weighted by molar-refractivity contribution is 6.12. The van der Waals surface area contributed by atoms with Crippen LogP contribution in [-0.4, -0.2) is 61.4 Å². The number of carbonyl (C=O) groups excluding carboxylic acids is 2. The minimum absolute atomic E-state index is 0.121. The summed E-state index contributed by atoms with van der Waals surface area (Å²) in [6, 6.07) is 7.91. The van der Waals surface area contributed by atoms with E-state index < -0.39 is 22.6 Å². The van der Waals surface area contributed by atoms with Crippen molar-refractivity contribution in [1.29, 1.82) is 5.26 Å². The van der Waals surface area contributed by atoms with Crippen LogP contribution in [0.2, 0.25) is 0 Å². The lowest BCUT2D eigenvalue weighted by atomic mass is 9.58. The molecule has 4 unspecified atom stereocenters. The van der Waals surface area contributed by atoms with Crippen LogP contribution >= 0.6 is 0 Å². The molecule has 1 aromatic rings. The minimum atomic E-state index is -1.23. The van der Waals surface area contributed by atoms with Crippen LogP contribution in [0.1, 0.15) is 82.9 Å². The molecule has 1 N–H and O–H groups in total. The van der Waals surface area contributed by atoms with Crippen molar-refractivity contribution < 1.29 is 23.8 Å². The molecule has 2 aliphatic heterocycles. The second-order valence-corrected chi connectivity index (χ2v) is 12.9. The summed E-state index contributed by atoms with van der Waals surface area (Å²) in [6.45, 7) is 9.34. The Morgan fingerprint density at radius 2 is 2.02 bits per heavy atom. The quantitative estimate of drug-likeness (QED) is 0.583. The molecular weight excluding hydrogens is 508 g/mol. The maximum atomic E-state index is 14.9. The fraction of sp³-hybridized carbons (Fsp3) is 0.677. The molecule has 9 heteroatoms. The van der Waals surface area contributed by atoms with Crippen molar-refractivity contribution in [3.63, 3.8) is 0 Å². The Labute approximate surface area is 237 Å². The van der Waals surface area contributed by atoms with Crippen LogP contribution in [0.15, 0.2) is 23.2 Å². The van der Waals surface area contributed by atoms with Gasteiger partial charge in [-0.2, -0.15) is 5.26 Å². The molecule has 4 aliphatic rings. The molecule has 9 nitrogen and oxygen atoms in total. The van der Waals surface area contributed by atoms with Gasteiger partial charge in [0.05, 0.1) is 17.7 Å². The zero-order valence-electron chi connectivity index (χ0n) is 24.4. The third-order valence-electron chi connectivity index (χ3n) is 9.32. The molecule has 0 radical (unpaired) electrons. The molecule has 0 aromatic heterocycles. The summed E-state index contributed by atoms with van der Waals surface area (Å²) < 4.78 is 17.0. The Hall–Kier alpha value is -2.96. The Morgan fingerprint density at radius 3 is 2.67 bits per heavy atom. The van der Waals surface area contributed by atoms with Crippen LogP contribution < -0.4 is 5.32 Å². The second kappa shape index (κ2) is 10.8. The summed E-state index contributed by atoms with van der Waals surface area (Å²) in [7, 11) is 1.76. The number of methoxy groups -OCH3 is 1. The number of amides is 2. The molecule has 40 heavy (non-hydrogen) atoms. The van der Waals surface area contributed by atoms with Crippen molar-refractivity contribution in [2.45, 2.75) is 89.9 Å². The standard InChI is InChI=1S/C31H42N4O5/c1-6-22-16-30(12-9-25(22)38-5)17-23-8-7-21(18-32)15-24(23)31(30)26(36)35(19-20-10-13-39-14-11-20)27(34-31)33-28(37)40-29(2,3)4/h7-8,15,20,22,25H,6,9-14,16-17,19H2,1-5H3,(H,33,34,37). The van der Waals surface area contributed by atoms with Gasteiger partial charge in [-0.25, -0.2) is 9.79 Å². The molecule has 2 amide bonds. The second-order valence-electron chi connectivity index (χ2n) is 12.9. The van der Waals surface area contributed by atoms with Crippen molar-refractivity contribution in [1.82, 2.24) is 10.2 Å². The van der Waals surface area contributed by atoms with E-state index in [2.05, 4.69) is 18.3 Å². The van der Waals surface area contributed by atoms with Crippen LogP contribution in [0, 0.1) is 28.6 Å². The predicted molar refractivity (Wildman–Crippen MR) is 149 cm³/mol. The van der Waals surface area contributed by atoms with Crippen LogP contribution in [0.4, 0.5) is 4.79 Å². The minimum Gasteiger partial charge on any atom is -0.444 e. The number of guanidine groups is 1. The number of nitriles is 1. The van der Waals surface area contributed by atoms with E-state index >= 15 is 0 Å². The Kier molecular flexibility index (Phi) is 7.71. The zero-order valence-corrected chi connectivity index (χ0v) is 24.4. The molecule has 1 aromatic carbocycles. The lowest BCUT2D eigenvalue weighted by Crippen LogP contribution is -2.55. The first-order chi connectivity index (χ1) is 19.1. The Morgan fingerprint density at radius 1 is 1.27 bits per heavy atom. The van der Waals surface area contributed by atoms with Crippen LogP contribution in [0.5, 0.6) is 0 Å². The van der Waals surface area contributed by atoms with E-state index in [1.807, 2.05) is 18.2 Å². The van der Waals surface area contributed by atoms with Crippen molar-refractivity contribution in [3.05, 3.63) is 34.9 Å². The van der Waals surface area contributed by atoms with Gasteiger partial charge >= 0.3 is 6.09 Å². The van der Waals surface area contributed by atoms with Gasteiger partial charge in [-0.1, -0.05) is 19.4 Å². The first-order valence-electron chi connectivity index (χ1n) is 14.6. The summed E-state index contributed by atoms with van der Waals surface area (Å²) in [5, 5.41) is 12.6. The Balaban J connectivity index is 1.63. The lowest BCUT2D eigenvalue weighted by molar-refractivity contribution is -0.140. The van der Waals surface area contributed by atoms with Gasteiger partial charge in [0.15, 0.2) is 5.54 Å². The molecule has 0 bridgehead atoms. The highest BCUT2D eigenvalue weighted by Crippen LogP contribution is 2.63. The van der Waals surface area contributed by atoms with E-state index in [4.69, 9.17) is 19.2 Å². The molecule has 2 aliphatic carbocycles. The summed E-state index contributed by atoms with van der Waals surface area (Å²) >= 11 is 0. The molecular formula is C31H42N4O5. The fourth-order valence-electron chi connectivity index (χ4n) is 7.44. The van der Waals surface area contributed by atoms with E-state index in [9.17, 15) is 14.9 Å². The van der Waals surface area contributed by atoms with Crippen LogP contribution in [-0.2, 0) is 31.0 Å². The molecule has 216 valence electrons. The highest BCUT2D eigenvalue weighted by atomic mass is 16.6. The van der Waals surface area contributed by atoms with Gasteiger partial charge in [0, 0.05) is 32.3 Å². The number of nitrogens with one attached hydrogen (secondary N) is 1. The number of ether oxygens (including phenoxy) is 3. The summed E-state index contributed by atoms with van der Waals surface area (Å²) in [6.07, 6.45) is 5.16. The van der Waals surface area contributed by atoms with E-state index in [-0.39, 0.29) is 29.8 Å². The van der Waals surface area contributed by atoms with Gasteiger partial charge in [0.2, 0.25) is 5.96 Å². The summed E-state index contributed by atoms with van der Waals surface area (Å²) in [5.41, 5.74) is -0.0724. The normalized spacial score (nSPS) is 30.4. The zero-order chi connectivity index (χ0) is 28.7. The summed E-state index contributed by atoms with van der Waals surface area (Å²) in [4.78, 5) is 34.9. The summed E-state index contributed by atoms with van der Waals surface area (Å²) in [5.74, 6) is 0.621. The number of alkyl carbamates (subject to hydrolysis) is 1. The number of nitrogens with zero attached hydrogens (tertiary/aromatic N) is 3. The average Bonchev–Trinajstić information content (AvgIpc) is 3.34. The first kappa shape index (κ1) is 28.6. The molecule has 1 saturated carbocycles. The smallest absolute Gasteiger partial charge is 0.414 e. The van der Waals surface area contributed by atoms with Crippen molar-refractivity contribution in [2.24, 2.45) is 22.2 Å². The highest BCUT2D eigenvalue weighted by Gasteiger charge is 2.68. The number of fused-ring (bicyclic) bond motifs is 3. The van der Waals surface area contributed by atoms with Crippen molar-refractivity contribution >= 4 is 18.0 Å². The maximum absolute atomic E-state index is 14.9. The monoisotopic (exact) mass is 550 g/mol. The molecule has 1 saturated heterocycles. The molecule has 2 spiro atoms. The van der Waals surface area contributed by atoms with Gasteiger partial charge in [0.1, 0.15) is 5.60 Å². The number of benzene rings is 1.